The molecule has 0 aliphatic heterocycles. The van der Waals surface area contributed by atoms with Crippen LogP contribution in [0.2, 0.25) is 0 Å². The Labute approximate surface area is 166 Å². The van der Waals surface area contributed by atoms with Gasteiger partial charge in [-0.25, -0.2) is 0 Å². The Morgan fingerprint density at radius 1 is 0.577 bits per heavy atom. The van der Waals surface area contributed by atoms with Gasteiger partial charge in [-0.3, -0.25) is 0 Å². The van der Waals surface area contributed by atoms with E-state index >= 15 is 0 Å². The van der Waals surface area contributed by atoms with E-state index in [9.17, 15) is 0 Å². The van der Waals surface area contributed by atoms with E-state index in [1.165, 1.54) is 109 Å². The Bertz CT molecular complexity index is 273. The van der Waals surface area contributed by atoms with E-state index in [-0.39, 0.29) is 0 Å². The lowest BCUT2D eigenvalue weighted by Crippen LogP contribution is -2.27. The molecule has 1 N–H and O–H groups in total. The molecular formula is C24H50N2. The molecule has 0 aromatic heterocycles. The van der Waals surface area contributed by atoms with Crippen LogP contribution in [-0.2, 0) is 0 Å². The van der Waals surface area contributed by atoms with Crippen molar-refractivity contribution in [1.82, 2.24) is 10.2 Å². The van der Waals surface area contributed by atoms with E-state index in [0.717, 1.165) is 13.1 Å². The third-order valence-electron chi connectivity index (χ3n) is 5.10. The van der Waals surface area contributed by atoms with Gasteiger partial charge >= 0.3 is 0 Å². The molecule has 26 heavy (non-hydrogen) atoms. The lowest BCUT2D eigenvalue weighted by Gasteiger charge is -2.10. The fraction of sp³-hybridized carbons (Fsp3) is 0.917. The Balaban J connectivity index is 3.05. The lowest BCUT2D eigenvalue weighted by atomic mass is 10.1. The van der Waals surface area contributed by atoms with E-state index in [2.05, 4.69) is 43.4 Å². The van der Waals surface area contributed by atoms with Crippen LogP contribution in [0.3, 0.4) is 0 Å². The highest BCUT2D eigenvalue weighted by Gasteiger charge is 1.93. The van der Waals surface area contributed by atoms with Crippen molar-refractivity contribution >= 4 is 0 Å². The summed E-state index contributed by atoms with van der Waals surface area (Å²) >= 11 is 0. The zero-order valence-corrected chi connectivity index (χ0v) is 18.5. The van der Waals surface area contributed by atoms with Gasteiger partial charge in [0.05, 0.1) is 0 Å². The molecule has 0 unspecified atom stereocenters. The number of likely N-dealkylation sites (N-methyl/N-ethyl adjacent to an activating group) is 1. The van der Waals surface area contributed by atoms with E-state index in [0.29, 0.717) is 0 Å². The summed E-state index contributed by atoms with van der Waals surface area (Å²) in [5, 5.41) is 3.52. The number of rotatable bonds is 21. The van der Waals surface area contributed by atoms with Crippen molar-refractivity contribution in [2.24, 2.45) is 0 Å². The molecule has 0 aromatic rings. The summed E-state index contributed by atoms with van der Waals surface area (Å²) in [6.07, 6.45) is 27.2. The predicted molar refractivity (Wildman–Crippen MR) is 120 cm³/mol. The third kappa shape index (κ3) is 23.7. The zero-order chi connectivity index (χ0) is 19.1. The topological polar surface area (TPSA) is 15.3 Å². The van der Waals surface area contributed by atoms with Crippen molar-refractivity contribution in [2.45, 2.75) is 110 Å². The molecular weight excluding hydrogens is 316 g/mol. The largest absolute Gasteiger partial charge is 0.315 e. The minimum Gasteiger partial charge on any atom is -0.315 e. The second kappa shape index (κ2) is 22.7. The molecule has 0 aliphatic rings. The van der Waals surface area contributed by atoms with Crippen LogP contribution in [0.15, 0.2) is 12.2 Å². The highest BCUT2D eigenvalue weighted by Crippen LogP contribution is 2.11. The van der Waals surface area contributed by atoms with Gasteiger partial charge in [-0.2, -0.15) is 0 Å². The fourth-order valence-corrected chi connectivity index (χ4v) is 3.28. The first-order valence-corrected chi connectivity index (χ1v) is 11.8. The van der Waals surface area contributed by atoms with Gasteiger partial charge < -0.3 is 10.2 Å². The number of nitrogens with one attached hydrogen (secondary N) is 1. The van der Waals surface area contributed by atoms with E-state index in [4.69, 9.17) is 0 Å². The first-order chi connectivity index (χ1) is 12.8. The Morgan fingerprint density at radius 3 is 1.54 bits per heavy atom. The minimum atomic E-state index is 1.13. The fourth-order valence-electron chi connectivity index (χ4n) is 3.28. The van der Waals surface area contributed by atoms with Crippen LogP contribution in [0.25, 0.3) is 0 Å². The van der Waals surface area contributed by atoms with Gasteiger partial charge in [0.25, 0.3) is 0 Å². The lowest BCUT2D eigenvalue weighted by molar-refractivity contribution is 0.398. The van der Waals surface area contributed by atoms with Gasteiger partial charge in [-0.15, -0.1) is 0 Å². The highest BCUT2D eigenvalue weighted by atomic mass is 15.1. The second-order valence-electron chi connectivity index (χ2n) is 8.20. The summed E-state index contributed by atoms with van der Waals surface area (Å²) in [4.78, 5) is 2.23. The zero-order valence-electron chi connectivity index (χ0n) is 18.5. The highest BCUT2D eigenvalue weighted by molar-refractivity contribution is 4.81. The molecule has 0 saturated carbocycles. The smallest absolute Gasteiger partial charge is 0.0101 e. The summed E-state index contributed by atoms with van der Waals surface area (Å²) in [6.45, 7) is 5.75. The summed E-state index contributed by atoms with van der Waals surface area (Å²) in [6, 6.07) is 0. The predicted octanol–water partition coefficient (Wildman–Crippen LogP) is 6.96. The summed E-state index contributed by atoms with van der Waals surface area (Å²) in [5.41, 5.74) is 0. The normalized spacial score (nSPS) is 11.8. The van der Waals surface area contributed by atoms with Gasteiger partial charge in [0.15, 0.2) is 0 Å². The van der Waals surface area contributed by atoms with Crippen LogP contribution >= 0.6 is 0 Å². The Morgan fingerprint density at radius 2 is 1.04 bits per heavy atom. The van der Waals surface area contributed by atoms with Crippen molar-refractivity contribution in [2.75, 3.05) is 33.7 Å². The molecule has 156 valence electrons. The maximum Gasteiger partial charge on any atom is 0.0101 e. The molecule has 0 bridgehead atoms. The number of allylic oxidation sites excluding steroid dienone is 2. The van der Waals surface area contributed by atoms with Gasteiger partial charge in [0.1, 0.15) is 0 Å². The van der Waals surface area contributed by atoms with Crippen LogP contribution in [0.1, 0.15) is 110 Å². The average Bonchev–Trinajstić information content (AvgIpc) is 2.62. The van der Waals surface area contributed by atoms with Crippen molar-refractivity contribution < 1.29 is 0 Å². The quantitative estimate of drug-likeness (QED) is 0.174. The first-order valence-electron chi connectivity index (χ1n) is 11.8. The molecule has 0 aromatic carbocycles. The van der Waals surface area contributed by atoms with E-state index in [1.54, 1.807) is 0 Å². The summed E-state index contributed by atoms with van der Waals surface area (Å²) in [7, 11) is 4.27. The molecule has 0 saturated heterocycles. The van der Waals surface area contributed by atoms with Crippen molar-refractivity contribution in [1.29, 1.82) is 0 Å². The van der Waals surface area contributed by atoms with Gasteiger partial charge in [0.2, 0.25) is 0 Å². The van der Waals surface area contributed by atoms with Crippen LogP contribution in [-0.4, -0.2) is 38.6 Å². The summed E-state index contributed by atoms with van der Waals surface area (Å²) in [5.74, 6) is 0. The molecule has 2 nitrogen and oxygen atoms in total. The van der Waals surface area contributed by atoms with Gasteiger partial charge in [-0.05, 0) is 52.7 Å². The number of unbranched alkanes of at least 4 members (excludes halogenated alkanes) is 14. The Hall–Kier alpha value is -0.340. The number of hydrogen-bond acceptors (Lipinski definition) is 2. The summed E-state index contributed by atoms with van der Waals surface area (Å²) < 4.78 is 0. The molecule has 0 atom stereocenters. The molecule has 0 rings (SSSR count). The number of hydrogen-bond donors (Lipinski definition) is 1. The molecule has 2 heteroatoms. The Kier molecular flexibility index (Phi) is 22.4. The van der Waals surface area contributed by atoms with Crippen LogP contribution < -0.4 is 5.32 Å². The molecule has 0 heterocycles. The molecule has 0 fully saturated rings. The van der Waals surface area contributed by atoms with Crippen LogP contribution in [0.4, 0.5) is 0 Å². The van der Waals surface area contributed by atoms with Crippen LogP contribution in [0.5, 0.6) is 0 Å². The van der Waals surface area contributed by atoms with E-state index < -0.39 is 0 Å². The number of nitrogens with zero attached hydrogens (tertiary/aromatic N) is 1. The maximum absolute atomic E-state index is 3.52. The maximum atomic E-state index is 3.52. The van der Waals surface area contributed by atoms with Gasteiger partial charge in [0, 0.05) is 13.1 Å². The second-order valence-corrected chi connectivity index (χ2v) is 8.20. The SMILES string of the molecule is CCCCCCCC/C=C\CCCCCCCCCCNCCN(C)C. The monoisotopic (exact) mass is 366 g/mol. The average molecular weight is 367 g/mol. The molecule has 0 aliphatic carbocycles. The van der Waals surface area contributed by atoms with Crippen molar-refractivity contribution in [3.63, 3.8) is 0 Å². The molecule has 0 amide bonds. The van der Waals surface area contributed by atoms with Crippen LogP contribution in [0, 0.1) is 0 Å². The van der Waals surface area contributed by atoms with Gasteiger partial charge in [-0.1, -0.05) is 89.7 Å². The first kappa shape index (κ1) is 25.7. The molecule has 0 spiro atoms. The third-order valence-corrected chi connectivity index (χ3v) is 5.10. The standard InChI is InChI=1S/C24H50N2/c1-4-5-6-7-8-9-10-11-12-13-14-15-16-17-18-19-20-21-22-25-23-24-26(2)3/h11-12,25H,4-10,13-24H2,1-3H3/b12-11-. The minimum absolute atomic E-state index is 1.13. The van der Waals surface area contributed by atoms with Crippen molar-refractivity contribution in [3.8, 4) is 0 Å². The van der Waals surface area contributed by atoms with Crippen molar-refractivity contribution in [3.05, 3.63) is 12.2 Å². The van der Waals surface area contributed by atoms with E-state index in [1.807, 2.05) is 0 Å². The molecule has 0 radical (unpaired) electrons.